The number of hydrogen-bond donors (Lipinski definition) is 2. The summed E-state index contributed by atoms with van der Waals surface area (Å²) < 4.78 is 0. The van der Waals surface area contributed by atoms with E-state index in [1.807, 2.05) is 61.5 Å². The van der Waals surface area contributed by atoms with Crippen LogP contribution in [-0.2, 0) is 13.1 Å². The van der Waals surface area contributed by atoms with E-state index in [1.165, 1.54) is 11.1 Å². The van der Waals surface area contributed by atoms with Crippen LogP contribution in [0.15, 0.2) is 42.5 Å². The van der Waals surface area contributed by atoms with Gasteiger partial charge in [-0.3, -0.25) is 4.79 Å². The molecule has 0 unspecified atom stereocenters. The summed E-state index contributed by atoms with van der Waals surface area (Å²) in [7, 11) is 3.96. The van der Waals surface area contributed by atoms with Crippen molar-refractivity contribution < 1.29 is 4.79 Å². The molecule has 2 N–H and O–H groups in total. The minimum absolute atomic E-state index is 0.0689. The van der Waals surface area contributed by atoms with Crippen molar-refractivity contribution in [2.75, 3.05) is 24.3 Å². The van der Waals surface area contributed by atoms with Gasteiger partial charge in [-0.2, -0.15) is 0 Å². The van der Waals surface area contributed by atoms with Crippen molar-refractivity contribution >= 4 is 17.3 Å². The molecule has 0 aromatic heterocycles. The standard InChI is InChI=1S/C17H19N3O/c1-20(2)16-5-3-4-15(9-16)19-17(21)12-6-7-13-10-18-11-14(13)8-12/h3-9,18H,10-11H2,1-2H3,(H,19,21). The molecule has 2 aromatic rings. The first-order chi connectivity index (χ1) is 10.1. The third-order valence-electron chi connectivity index (χ3n) is 3.72. The summed E-state index contributed by atoms with van der Waals surface area (Å²) in [6.45, 7) is 1.73. The second-order valence-electron chi connectivity index (χ2n) is 5.49. The molecule has 1 heterocycles. The molecule has 1 amide bonds. The molecule has 4 nitrogen and oxygen atoms in total. The molecule has 0 spiro atoms. The zero-order valence-electron chi connectivity index (χ0n) is 12.3. The molecule has 21 heavy (non-hydrogen) atoms. The Morgan fingerprint density at radius 1 is 1.10 bits per heavy atom. The lowest BCUT2D eigenvalue weighted by molar-refractivity contribution is 0.102. The van der Waals surface area contributed by atoms with Crippen LogP contribution in [-0.4, -0.2) is 20.0 Å². The van der Waals surface area contributed by atoms with E-state index in [0.29, 0.717) is 5.56 Å². The largest absolute Gasteiger partial charge is 0.378 e. The Hall–Kier alpha value is -2.33. The normalized spacial score (nSPS) is 12.9. The molecule has 3 rings (SSSR count). The highest BCUT2D eigenvalue weighted by molar-refractivity contribution is 6.04. The number of fused-ring (bicyclic) bond motifs is 1. The zero-order valence-corrected chi connectivity index (χ0v) is 12.3. The molecule has 2 aromatic carbocycles. The summed E-state index contributed by atoms with van der Waals surface area (Å²) in [4.78, 5) is 14.4. The van der Waals surface area contributed by atoms with E-state index in [0.717, 1.165) is 24.5 Å². The van der Waals surface area contributed by atoms with Crippen molar-refractivity contribution in [2.24, 2.45) is 0 Å². The second kappa shape index (κ2) is 5.58. The first-order valence-electron chi connectivity index (χ1n) is 7.05. The van der Waals surface area contributed by atoms with Crippen LogP contribution >= 0.6 is 0 Å². The highest BCUT2D eigenvalue weighted by atomic mass is 16.1. The Morgan fingerprint density at radius 3 is 2.71 bits per heavy atom. The average Bonchev–Trinajstić information content (AvgIpc) is 2.94. The highest BCUT2D eigenvalue weighted by Crippen LogP contribution is 2.20. The third kappa shape index (κ3) is 2.90. The Kier molecular flexibility index (Phi) is 3.62. The van der Waals surface area contributed by atoms with Crippen LogP contribution in [0.25, 0.3) is 0 Å². The summed E-state index contributed by atoms with van der Waals surface area (Å²) in [6.07, 6.45) is 0. The van der Waals surface area contributed by atoms with E-state index in [9.17, 15) is 4.79 Å². The topological polar surface area (TPSA) is 44.4 Å². The van der Waals surface area contributed by atoms with Gasteiger partial charge in [0.15, 0.2) is 0 Å². The number of amides is 1. The lowest BCUT2D eigenvalue weighted by atomic mass is 10.1. The van der Waals surface area contributed by atoms with Crippen LogP contribution in [0.1, 0.15) is 21.5 Å². The molecule has 0 saturated carbocycles. The highest BCUT2D eigenvalue weighted by Gasteiger charge is 2.13. The molecular weight excluding hydrogens is 262 g/mol. The zero-order chi connectivity index (χ0) is 14.8. The van der Waals surface area contributed by atoms with Gasteiger partial charge in [0.1, 0.15) is 0 Å². The van der Waals surface area contributed by atoms with Gasteiger partial charge >= 0.3 is 0 Å². The fourth-order valence-corrected chi connectivity index (χ4v) is 2.50. The molecule has 0 aliphatic carbocycles. The fourth-order valence-electron chi connectivity index (χ4n) is 2.50. The van der Waals surface area contributed by atoms with E-state index in [2.05, 4.69) is 10.6 Å². The van der Waals surface area contributed by atoms with E-state index in [-0.39, 0.29) is 5.91 Å². The van der Waals surface area contributed by atoms with Crippen molar-refractivity contribution in [1.29, 1.82) is 0 Å². The minimum atomic E-state index is -0.0689. The lowest BCUT2D eigenvalue weighted by Gasteiger charge is -2.14. The number of hydrogen-bond acceptors (Lipinski definition) is 3. The van der Waals surface area contributed by atoms with Gasteiger partial charge in [-0.25, -0.2) is 0 Å². The molecule has 0 bridgehead atoms. The molecule has 1 aliphatic heterocycles. The number of nitrogens with zero attached hydrogens (tertiary/aromatic N) is 1. The van der Waals surface area contributed by atoms with Gasteiger partial charge in [0.2, 0.25) is 0 Å². The van der Waals surface area contributed by atoms with Gasteiger partial charge < -0.3 is 15.5 Å². The molecule has 0 fully saturated rings. The number of rotatable bonds is 3. The van der Waals surface area contributed by atoms with E-state index < -0.39 is 0 Å². The second-order valence-corrected chi connectivity index (χ2v) is 5.49. The number of carbonyl (C=O) groups is 1. The van der Waals surface area contributed by atoms with Crippen LogP contribution in [0.5, 0.6) is 0 Å². The maximum atomic E-state index is 12.3. The predicted octanol–water partition coefficient (Wildman–Crippen LogP) is 2.61. The van der Waals surface area contributed by atoms with Crippen molar-refractivity contribution in [3.05, 3.63) is 59.2 Å². The van der Waals surface area contributed by atoms with Crippen molar-refractivity contribution in [3.8, 4) is 0 Å². The van der Waals surface area contributed by atoms with Gasteiger partial charge in [-0.1, -0.05) is 12.1 Å². The Balaban J connectivity index is 1.78. The molecule has 0 atom stereocenters. The monoisotopic (exact) mass is 281 g/mol. The lowest BCUT2D eigenvalue weighted by Crippen LogP contribution is -2.13. The van der Waals surface area contributed by atoms with E-state index in [4.69, 9.17) is 0 Å². The summed E-state index contributed by atoms with van der Waals surface area (Å²) in [5.74, 6) is -0.0689. The van der Waals surface area contributed by atoms with Crippen LogP contribution < -0.4 is 15.5 Å². The van der Waals surface area contributed by atoms with Crippen LogP contribution in [0.4, 0.5) is 11.4 Å². The molecule has 1 aliphatic rings. The Labute approximate surface area is 124 Å². The van der Waals surface area contributed by atoms with E-state index in [1.54, 1.807) is 0 Å². The Bertz CT molecular complexity index is 679. The number of anilines is 2. The fraction of sp³-hybridized carbons (Fsp3) is 0.235. The number of carbonyl (C=O) groups excluding carboxylic acids is 1. The number of benzene rings is 2. The van der Waals surface area contributed by atoms with Gasteiger partial charge in [0, 0.05) is 44.1 Å². The van der Waals surface area contributed by atoms with Crippen LogP contribution in [0.3, 0.4) is 0 Å². The quantitative estimate of drug-likeness (QED) is 0.909. The third-order valence-corrected chi connectivity index (χ3v) is 3.72. The van der Waals surface area contributed by atoms with Gasteiger partial charge in [-0.15, -0.1) is 0 Å². The molecular formula is C17H19N3O. The first kappa shape index (κ1) is 13.6. The summed E-state index contributed by atoms with van der Waals surface area (Å²) >= 11 is 0. The summed E-state index contributed by atoms with van der Waals surface area (Å²) in [5.41, 5.74) is 5.06. The van der Waals surface area contributed by atoms with Gasteiger partial charge in [-0.05, 0) is 41.5 Å². The van der Waals surface area contributed by atoms with Crippen molar-refractivity contribution in [1.82, 2.24) is 5.32 Å². The van der Waals surface area contributed by atoms with Crippen molar-refractivity contribution in [3.63, 3.8) is 0 Å². The molecule has 108 valence electrons. The van der Waals surface area contributed by atoms with Crippen LogP contribution in [0.2, 0.25) is 0 Å². The van der Waals surface area contributed by atoms with Crippen LogP contribution in [0, 0.1) is 0 Å². The first-order valence-corrected chi connectivity index (χ1v) is 7.05. The predicted molar refractivity (Wildman–Crippen MR) is 85.7 cm³/mol. The van der Waals surface area contributed by atoms with Gasteiger partial charge in [0.25, 0.3) is 5.91 Å². The Morgan fingerprint density at radius 2 is 1.90 bits per heavy atom. The van der Waals surface area contributed by atoms with Gasteiger partial charge in [0.05, 0.1) is 0 Å². The summed E-state index contributed by atoms with van der Waals surface area (Å²) in [6, 6.07) is 13.7. The minimum Gasteiger partial charge on any atom is -0.378 e. The maximum absolute atomic E-state index is 12.3. The molecule has 0 radical (unpaired) electrons. The molecule has 4 heteroatoms. The number of nitrogens with one attached hydrogen (secondary N) is 2. The van der Waals surface area contributed by atoms with E-state index >= 15 is 0 Å². The SMILES string of the molecule is CN(C)c1cccc(NC(=O)c2ccc3c(c2)CNC3)c1. The average molecular weight is 281 g/mol. The summed E-state index contributed by atoms with van der Waals surface area (Å²) in [5, 5.41) is 6.24. The smallest absolute Gasteiger partial charge is 0.255 e. The van der Waals surface area contributed by atoms with Crippen molar-refractivity contribution in [2.45, 2.75) is 13.1 Å². The molecule has 0 saturated heterocycles. The maximum Gasteiger partial charge on any atom is 0.255 e.